The maximum absolute atomic E-state index is 14.0. The molecule has 0 aromatic heterocycles. The van der Waals surface area contributed by atoms with E-state index < -0.39 is 41.8 Å². The van der Waals surface area contributed by atoms with Crippen molar-refractivity contribution in [3.63, 3.8) is 0 Å². The van der Waals surface area contributed by atoms with Crippen LogP contribution in [0.3, 0.4) is 0 Å². The standard InChI is InChI=1S/C41H56N8O7.H3P/c1-24-10-4-5-13-30(24)45-39(54)27-19-28(40(55)47-32-15-7-6-14-31(32)46-38(53)26-12-8-11-25(18-26)37(42)52)21-29(20-27)41(56)48-34-23-49(22-33(34)43-2)36(51)17-9-16-35(50)44-3;/h8,11-12,18-21,24,30-34,43H,4-7,9-10,13-17,22-23H2,1-3H3,(H2,42,52)(H,44,50)(H,45,54)(H,46,53)(H,47,55)(H,48,56);1H3/t24-,30-,31-,32-,33+,34+;/m1./s1. The Bertz CT molecular complexity index is 1810. The van der Waals surface area contributed by atoms with Gasteiger partial charge in [0, 0.05) is 85.0 Å². The Kier molecular flexibility index (Phi) is 16.5. The number of nitrogens with zero attached hydrogens (tertiary/aromatic N) is 1. The topological polar surface area (TPSA) is 221 Å². The van der Waals surface area contributed by atoms with Gasteiger partial charge in [-0.3, -0.25) is 33.6 Å². The van der Waals surface area contributed by atoms with Crippen molar-refractivity contribution in [1.29, 1.82) is 0 Å². The number of carbonyl (C=O) groups excluding carboxylic acids is 7. The molecule has 2 aromatic carbocycles. The molecule has 0 spiro atoms. The molecule has 3 fully saturated rings. The lowest BCUT2D eigenvalue weighted by molar-refractivity contribution is -0.130. The van der Waals surface area contributed by atoms with Crippen molar-refractivity contribution >= 4 is 51.2 Å². The third-order valence-corrected chi connectivity index (χ3v) is 11.4. The van der Waals surface area contributed by atoms with Gasteiger partial charge in [0.2, 0.25) is 17.7 Å². The molecule has 15 nitrogen and oxygen atoms in total. The molecule has 1 unspecified atom stereocenters. The van der Waals surface area contributed by atoms with Crippen molar-refractivity contribution in [2.24, 2.45) is 11.7 Å². The highest BCUT2D eigenvalue weighted by Gasteiger charge is 2.36. The van der Waals surface area contributed by atoms with Crippen LogP contribution in [0.1, 0.15) is 129 Å². The van der Waals surface area contributed by atoms with Gasteiger partial charge in [0.15, 0.2) is 0 Å². The highest BCUT2D eigenvalue weighted by molar-refractivity contribution is 6.92. The predicted molar refractivity (Wildman–Crippen MR) is 221 cm³/mol. The van der Waals surface area contributed by atoms with Crippen molar-refractivity contribution in [2.45, 2.75) is 108 Å². The molecule has 1 aliphatic heterocycles. The second kappa shape index (κ2) is 21.0. The number of hydrogen-bond acceptors (Lipinski definition) is 8. The molecule has 1 saturated heterocycles. The summed E-state index contributed by atoms with van der Waals surface area (Å²) in [7, 11) is 3.30. The van der Waals surface area contributed by atoms with Crippen LogP contribution in [0.4, 0.5) is 0 Å². The van der Waals surface area contributed by atoms with Gasteiger partial charge in [-0.25, -0.2) is 0 Å². The maximum Gasteiger partial charge on any atom is 0.251 e. The summed E-state index contributed by atoms with van der Waals surface area (Å²) >= 11 is 0. The number of likely N-dealkylation sites (N-methyl/N-ethyl adjacent to an activating group) is 1. The summed E-state index contributed by atoms with van der Waals surface area (Å²) in [5.74, 6) is -2.38. The first-order chi connectivity index (χ1) is 26.9. The highest BCUT2D eigenvalue weighted by atomic mass is 31.0. The van der Waals surface area contributed by atoms with E-state index in [1.165, 1.54) is 30.3 Å². The first-order valence-corrected chi connectivity index (χ1v) is 19.8. The summed E-state index contributed by atoms with van der Waals surface area (Å²) in [4.78, 5) is 92.9. The van der Waals surface area contributed by atoms with Crippen LogP contribution in [0.2, 0.25) is 0 Å². The molecule has 5 rings (SSSR count). The molecule has 7 atom stereocenters. The molecular formula is C41H59N8O7P. The molecule has 8 N–H and O–H groups in total. The van der Waals surface area contributed by atoms with Gasteiger partial charge >= 0.3 is 0 Å². The van der Waals surface area contributed by atoms with Crippen LogP contribution in [0, 0.1) is 5.92 Å². The average molecular weight is 807 g/mol. The Morgan fingerprint density at radius 2 is 1.07 bits per heavy atom. The van der Waals surface area contributed by atoms with E-state index in [9.17, 15) is 33.6 Å². The fourth-order valence-electron chi connectivity index (χ4n) is 7.98. The van der Waals surface area contributed by atoms with E-state index in [4.69, 9.17) is 5.73 Å². The van der Waals surface area contributed by atoms with E-state index in [1.54, 1.807) is 31.1 Å². The van der Waals surface area contributed by atoms with Crippen LogP contribution >= 0.6 is 9.90 Å². The Hall–Kier alpha value is -4.88. The zero-order chi connectivity index (χ0) is 40.4. The summed E-state index contributed by atoms with van der Waals surface area (Å²) < 4.78 is 0. The summed E-state index contributed by atoms with van der Waals surface area (Å²) in [5.41, 5.74) is 6.31. The lowest BCUT2D eigenvalue weighted by Gasteiger charge is -2.33. The second-order valence-corrected chi connectivity index (χ2v) is 15.3. The highest BCUT2D eigenvalue weighted by Crippen LogP contribution is 2.25. The lowest BCUT2D eigenvalue weighted by Crippen LogP contribution is -2.53. The molecule has 0 bridgehead atoms. The van der Waals surface area contributed by atoms with Gasteiger partial charge in [-0.2, -0.15) is 9.90 Å². The Balaban J connectivity index is 0.00000720. The Morgan fingerprint density at radius 1 is 0.614 bits per heavy atom. The van der Waals surface area contributed by atoms with E-state index in [-0.39, 0.29) is 92.8 Å². The zero-order valence-electron chi connectivity index (χ0n) is 33.3. The van der Waals surface area contributed by atoms with Crippen LogP contribution in [0.25, 0.3) is 0 Å². The molecule has 2 aromatic rings. The zero-order valence-corrected chi connectivity index (χ0v) is 34.7. The third kappa shape index (κ3) is 12.1. The number of hydrogen-bond donors (Lipinski definition) is 7. The Morgan fingerprint density at radius 3 is 1.60 bits per heavy atom. The predicted octanol–water partition coefficient (Wildman–Crippen LogP) is 2.07. The number of nitrogens with two attached hydrogens (primary N) is 1. The molecule has 310 valence electrons. The number of likely N-dealkylation sites (tertiary alicyclic amines) is 1. The van der Waals surface area contributed by atoms with Crippen molar-refractivity contribution in [1.82, 2.24) is 36.8 Å². The molecule has 7 amide bonds. The monoisotopic (exact) mass is 806 g/mol. The van der Waals surface area contributed by atoms with Gasteiger partial charge in [-0.05, 0) is 81.5 Å². The minimum Gasteiger partial charge on any atom is -0.366 e. The lowest BCUT2D eigenvalue weighted by atomic mass is 9.86. The van der Waals surface area contributed by atoms with Gasteiger partial charge in [-0.1, -0.05) is 38.7 Å². The van der Waals surface area contributed by atoms with Crippen molar-refractivity contribution in [2.75, 3.05) is 27.2 Å². The van der Waals surface area contributed by atoms with Crippen LogP contribution in [0.5, 0.6) is 0 Å². The summed E-state index contributed by atoms with van der Waals surface area (Å²) in [6, 6.07) is 8.99. The van der Waals surface area contributed by atoms with E-state index in [0.29, 0.717) is 25.8 Å². The maximum atomic E-state index is 14.0. The van der Waals surface area contributed by atoms with E-state index in [1.807, 2.05) is 0 Å². The molecule has 57 heavy (non-hydrogen) atoms. The third-order valence-electron chi connectivity index (χ3n) is 11.4. The number of primary amides is 1. The van der Waals surface area contributed by atoms with E-state index in [2.05, 4.69) is 38.8 Å². The van der Waals surface area contributed by atoms with Gasteiger partial charge in [0.05, 0.1) is 6.04 Å². The second-order valence-electron chi connectivity index (χ2n) is 15.3. The molecule has 0 radical (unpaired) electrons. The fraction of sp³-hybridized carbons (Fsp3) is 0.537. The van der Waals surface area contributed by atoms with E-state index in [0.717, 1.165) is 38.5 Å². The number of carbonyl (C=O) groups is 7. The summed E-state index contributed by atoms with van der Waals surface area (Å²) in [6.45, 7) is 2.73. The van der Waals surface area contributed by atoms with Crippen LogP contribution < -0.4 is 37.6 Å². The summed E-state index contributed by atoms with van der Waals surface area (Å²) in [5, 5.41) is 18.0. The van der Waals surface area contributed by atoms with E-state index >= 15 is 0 Å². The molecule has 2 saturated carbocycles. The molecular weight excluding hydrogens is 747 g/mol. The number of benzene rings is 2. The first kappa shape index (κ1) is 44.8. The fourth-order valence-corrected chi connectivity index (χ4v) is 7.98. The van der Waals surface area contributed by atoms with Crippen molar-refractivity contribution in [3.8, 4) is 0 Å². The first-order valence-electron chi connectivity index (χ1n) is 19.8. The largest absolute Gasteiger partial charge is 0.366 e. The number of nitrogens with one attached hydrogen (secondary N) is 6. The normalized spacial score (nSPS) is 23.0. The number of amides is 7. The molecule has 1 heterocycles. The van der Waals surface area contributed by atoms with Crippen LogP contribution in [0.15, 0.2) is 42.5 Å². The minimum absolute atomic E-state index is 0. The van der Waals surface area contributed by atoms with Crippen molar-refractivity contribution in [3.05, 3.63) is 70.3 Å². The molecule has 16 heteroatoms. The molecule has 3 aliphatic rings. The minimum atomic E-state index is -0.646. The van der Waals surface area contributed by atoms with Crippen molar-refractivity contribution < 1.29 is 33.6 Å². The van der Waals surface area contributed by atoms with Gasteiger partial charge in [0.25, 0.3) is 23.6 Å². The molecule has 2 aliphatic carbocycles. The number of rotatable bonds is 14. The average Bonchev–Trinajstić information content (AvgIpc) is 3.61. The smallest absolute Gasteiger partial charge is 0.251 e. The quantitative estimate of drug-likeness (QED) is 0.140. The van der Waals surface area contributed by atoms with Gasteiger partial charge in [0.1, 0.15) is 0 Å². The van der Waals surface area contributed by atoms with Crippen LogP contribution in [-0.2, 0) is 9.59 Å². The Labute approximate surface area is 337 Å². The SMILES string of the molecule is CNC(=O)CCCC(=O)N1C[C@H](NC)[C@@H](NC(=O)c2cc(C(=O)N[C@@H]3CCCC[C@H]3C)cc(C(=O)N[C@@H]3CCCC[C@H]3NC(=O)c3cccc(C(N)=O)c3)c2)C1.P. The van der Waals surface area contributed by atoms with Crippen LogP contribution in [-0.4, -0.2) is 104 Å². The van der Waals surface area contributed by atoms with Gasteiger partial charge < -0.3 is 42.5 Å². The van der Waals surface area contributed by atoms with Gasteiger partial charge in [-0.15, -0.1) is 0 Å². The summed E-state index contributed by atoms with van der Waals surface area (Å²) in [6.07, 6.45) is 7.68.